The van der Waals surface area contributed by atoms with Crippen LogP contribution in [0.5, 0.6) is 0 Å². The summed E-state index contributed by atoms with van der Waals surface area (Å²) in [5.41, 5.74) is 1.92. The Bertz CT molecular complexity index is 528. The molecule has 1 aromatic heterocycles. The summed E-state index contributed by atoms with van der Waals surface area (Å²) >= 11 is 5.55. The molecule has 0 aliphatic carbocycles. The molecule has 2 rings (SSSR count). The third-order valence-corrected chi connectivity index (χ3v) is 2.96. The molecule has 1 unspecified atom stereocenters. The zero-order chi connectivity index (χ0) is 13.0. The van der Waals surface area contributed by atoms with Gasteiger partial charge in [0.05, 0.1) is 11.7 Å². The molecule has 1 atom stereocenters. The van der Waals surface area contributed by atoms with Gasteiger partial charge in [0.15, 0.2) is 0 Å². The molecule has 1 amide bonds. The zero-order valence-electron chi connectivity index (χ0n) is 10.4. The maximum absolute atomic E-state index is 11.5. The maximum atomic E-state index is 11.5. The molecule has 1 N–H and O–H groups in total. The lowest BCUT2D eigenvalue weighted by Crippen LogP contribution is -2.31. The Balaban J connectivity index is 0.00000180. The van der Waals surface area contributed by atoms with Gasteiger partial charge in [0.25, 0.3) is 0 Å². The first-order valence-corrected chi connectivity index (χ1v) is 6.14. The Morgan fingerprint density at radius 1 is 1.37 bits per heavy atom. The standard InChI is InChI=1S/C13H14ClN3O.ClH/c1-17-11(7-8-15-17)13(16-12(18)9-14)10-5-3-2-4-6-10;/h2-8,13H,9H2,1H3,(H,16,18);1H. The van der Waals surface area contributed by atoms with Crippen molar-refractivity contribution in [3.63, 3.8) is 0 Å². The number of benzene rings is 1. The number of nitrogens with zero attached hydrogens (tertiary/aromatic N) is 2. The van der Waals surface area contributed by atoms with Crippen LogP contribution in [-0.2, 0) is 11.8 Å². The van der Waals surface area contributed by atoms with E-state index in [1.165, 1.54) is 0 Å². The number of amides is 1. The summed E-state index contributed by atoms with van der Waals surface area (Å²) in [5.74, 6) is -0.256. The van der Waals surface area contributed by atoms with E-state index in [4.69, 9.17) is 11.6 Å². The number of halogens is 2. The lowest BCUT2D eigenvalue weighted by atomic mass is 10.0. The summed E-state index contributed by atoms with van der Waals surface area (Å²) in [7, 11) is 1.85. The predicted octanol–water partition coefficient (Wildman–Crippen LogP) is 2.29. The van der Waals surface area contributed by atoms with Crippen LogP contribution in [0, 0.1) is 0 Å². The van der Waals surface area contributed by atoms with E-state index >= 15 is 0 Å². The van der Waals surface area contributed by atoms with Crippen molar-refractivity contribution >= 4 is 29.9 Å². The highest BCUT2D eigenvalue weighted by Gasteiger charge is 2.18. The topological polar surface area (TPSA) is 46.9 Å². The van der Waals surface area contributed by atoms with E-state index in [-0.39, 0.29) is 30.2 Å². The van der Waals surface area contributed by atoms with Gasteiger partial charge in [-0.1, -0.05) is 30.3 Å². The van der Waals surface area contributed by atoms with Gasteiger partial charge in [-0.2, -0.15) is 5.10 Å². The lowest BCUT2D eigenvalue weighted by Gasteiger charge is -2.19. The van der Waals surface area contributed by atoms with E-state index in [1.54, 1.807) is 10.9 Å². The molecule has 1 aromatic carbocycles. The van der Waals surface area contributed by atoms with E-state index < -0.39 is 0 Å². The smallest absolute Gasteiger partial charge is 0.235 e. The number of rotatable bonds is 4. The molecule has 4 nitrogen and oxygen atoms in total. The minimum Gasteiger partial charge on any atom is -0.343 e. The van der Waals surface area contributed by atoms with Crippen LogP contribution in [0.3, 0.4) is 0 Å². The summed E-state index contributed by atoms with van der Waals surface area (Å²) in [4.78, 5) is 11.5. The van der Waals surface area contributed by atoms with Crippen molar-refractivity contribution in [1.82, 2.24) is 15.1 Å². The van der Waals surface area contributed by atoms with E-state index in [2.05, 4.69) is 10.4 Å². The van der Waals surface area contributed by atoms with Crippen LogP contribution in [0.1, 0.15) is 17.3 Å². The predicted molar refractivity (Wildman–Crippen MR) is 77.6 cm³/mol. The second-order valence-electron chi connectivity index (χ2n) is 3.92. The van der Waals surface area contributed by atoms with Crippen molar-refractivity contribution in [1.29, 1.82) is 0 Å². The first-order valence-electron chi connectivity index (χ1n) is 5.60. The molecule has 19 heavy (non-hydrogen) atoms. The summed E-state index contributed by atoms with van der Waals surface area (Å²) in [6, 6.07) is 11.4. The van der Waals surface area contributed by atoms with Gasteiger partial charge < -0.3 is 5.32 Å². The summed E-state index contributed by atoms with van der Waals surface area (Å²) in [6.07, 6.45) is 1.71. The third kappa shape index (κ3) is 3.72. The molecule has 0 spiro atoms. The summed E-state index contributed by atoms with van der Waals surface area (Å²) in [5, 5.41) is 7.02. The quantitative estimate of drug-likeness (QED) is 0.881. The molecule has 1 heterocycles. The van der Waals surface area contributed by atoms with Crippen LogP contribution >= 0.6 is 24.0 Å². The van der Waals surface area contributed by atoms with Crippen molar-refractivity contribution in [2.24, 2.45) is 7.05 Å². The average Bonchev–Trinajstić information content (AvgIpc) is 2.83. The molecular formula is C13H15Cl2N3O. The number of aromatic nitrogens is 2. The van der Waals surface area contributed by atoms with E-state index in [0.717, 1.165) is 11.3 Å². The number of nitrogens with one attached hydrogen (secondary N) is 1. The maximum Gasteiger partial charge on any atom is 0.235 e. The minimum atomic E-state index is -0.232. The Morgan fingerprint density at radius 3 is 2.58 bits per heavy atom. The fourth-order valence-electron chi connectivity index (χ4n) is 1.84. The van der Waals surface area contributed by atoms with E-state index in [9.17, 15) is 4.79 Å². The molecule has 0 radical (unpaired) electrons. The third-order valence-electron chi connectivity index (χ3n) is 2.71. The Kier molecular flexibility index (Phi) is 5.86. The van der Waals surface area contributed by atoms with Crippen molar-refractivity contribution < 1.29 is 4.79 Å². The van der Waals surface area contributed by atoms with Crippen LogP contribution in [0.4, 0.5) is 0 Å². The molecule has 6 heteroatoms. The monoisotopic (exact) mass is 299 g/mol. The molecule has 0 saturated carbocycles. The normalized spacial score (nSPS) is 11.5. The number of hydrogen-bond acceptors (Lipinski definition) is 2. The first kappa shape index (κ1) is 15.5. The van der Waals surface area contributed by atoms with Crippen molar-refractivity contribution in [2.75, 3.05) is 5.88 Å². The zero-order valence-corrected chi connectivity index (χ0v) is 12.0. The fraction of sp³-hybridized carbons (Fsp3) is 0.231. The Morgan fingerprint density at radius 2 is 2.05 bits per heavy atom. The van der Waals surface area contributed by atoms with E-state index in [0.29, 0.717) is 0 Å². The second kappa shape index (κ2) is 7.16. The molecule has 0 fully saturated rings. The number of alkyl halides is 1. The van der Waals surface area contributed by atoms with Gasteiger partial charge in [-0.15, -0.1) is 24.0 Å². The highest BCUT2D eigenvalue weighted by Crippen LogP contribution is 2.21. The largest absolute Gasteiger partial charge is 0.343 e. The summed E-state index contributed by atoms with van der Waals surface area (Å²) < 4.78 is 1.74. The number of carbonyl (C=O) groups excluding carboxylic acids is 1. The average molecular weight is 300 g/mol. The number of hydrogen-bond donors (Lipinski definition) is 1. The SMILES string of the molecule is Cl.Cn1nccc1C(NC(=O)CCl)c1ccccc1. The van der Waals surface area contributed by atoms with E-state index in [1.807, 2.05) is 43.4 Å². The second-order valence-corrected chi connectivity index (χ2v) is 4.19. The first-order chi connectivity index (χ1) is 8.72. The van der Waals surface area contributed by atoms with Gasteiger partial charge in [-0.25, -0.2) is 0 Å². The van der Waals surface area contributed by atoms with Gasteiger partial charge >= 0.3 is 0 Å². The molecule has 102 valence electrons. The van der Waals surface area contributed by atoms with Gasteiger partial charge in [0, 0.05) is 13.2 Å². The van der Waals surface area contributed by atoms with Crippen molar-refractivity contribution in [2.45, 2.75) is 6.04 Å². The van der Waals surface area contributed by atoms with Crippen LogP contribution in [0.2, 0.25) is 0 Å². The van der Waals surface area contributed by atoms with Gasteiger partial charge in [-0.05, 0) is 11.6 Å². The van der Waals surface area contributed by atoms with Crippen LogP contribution < -0.4 is 5.32 Å². The van der Waals surface area contributed by atoms with Crippen molar-refractivity contribution in [3.8, 4) is 0 Å². The molecular weight excluding hydrogens is 285 g/mol. The summed E-state index contributed by atoms with van der Waals surface area (Å²) in [6.45, 7) is 0. The van der Waals surface area contributed by atoms with Crippen LogP contribution in [0.25, 0.3) is 0 Å². The highest BCUT2D eigenvalue weighted by atomic mass is 35.5. The van der Waals surface area contributed by atoms with Crippen LogP contribution in [0.15, 0.2) is 42.6 Å². The van der Waals surface area contributed by atoms with Gasteiger partial charge in [0.2, 0.25) is 5.91 Å². The van der Waals surface area contributed by atoms with Crippen LogP contribution in [-0.4, -0.2) is 21.6 Å². The molecule has 0 aliphatic heterocycles. The lowest BCUT2D eigenvalue weighted by molar-refractivity contribution is -0.119. The van der Waals surface area contributed by atoms with Gasteiger partial charge in [-0.3, -0.25) is 9.48 Å². The molecule has 0 bridgehead atoms. The van der Waals surface area contributed by atoms with Gasteiger partial charge in [0.1, 0.15) is 5.88 Å². The fourth-order valence-corrected chi connectivity index (χ4v) is 1.92. The number of carbonyl (C=O) groups is 1. The van der Waals surface area contributed by atoms with Crippen molar-refractivity contribution in [3.05, 3.63) is 53.9 Å². The Labute approximate surface area is 123 Å². The minimum absolute atomic E-state index is 0. The molecule has 2 aromatic rings. The number of aryl methyl sites for hydroxylation is 1. The molecule has 0 saturated heterocycles. The Hall–Kier alpha value is -1.52. The highest BCUT2D eigenvalue weighted by molar-refractivity contribution is 6.27. The molecule has 0 aliphatic rings.